The molecule has 2 aromatic rings. The van der Waals surface area contributed by atoms with Gasteiger partial charge in [-0.05, 0) is 25.5 Å². The van der Waals surface area contributed by atoms with E-state index in [2.05, 4.69) is 20.6 Å². The summed E-state index contributed by atoms with van der Waals surface area (Å²) >= 11 is 0. The van der Waals surface area contributed by atoms with Crippen LogP contribution in [-0.2, 0) is 0 Å². The van der Waals surface area contributed by atoms with Crippen molar-refractivity contribution in [2.75, 3.05) is 30.8 Å². The minimum absolute atomic E-state index is 0.681. The molecule has 1 aromatic heterocycles. The fraction of sp³-hybridized carbons (Fsp3) is 0.333. The van der Waals surface area contributed by atoms with E-state index in [1.165, 1.54) is 0 Å². The molecule has 106 valence electrons. The van der Waals surface area contributed by atoms with E-state index in [1.807, 2.05) is 44.3 Å². The number of rotatable bonds is 7. The molecule has 20 heavy (non-hydrogen) atoms. The summed E-state index contributed by atoms with van der Waals surface area (Å²) in [5, 5.41) is 6.35. The molecular weight excluding hydrogens is 252 g/mol. The van der Waals surface area contributed by atoms with Crippen molar-refractivity contribution in [2.45, 2.75) is 13.3 Å². The minimum Gasteiger partial charge on any atom is -0.494 e. The van der Waals surface area contributed by atoms with Gasteiger partial charge in [-0.1, -0.05) is 18.2 Å². The summed E-state index contributed by atoms with van der Waals surface area (Å²) in [5.74, 6) is 2.62. The maximum absolute atomic E-state index is 5.63. The van der Waals surface area contributed by atoms with Gasteiger partial charge in [-0.2, -0.15) is 0 Å². The third kappa shape index (κ3) is 3.85. The van der Waals surface area contributed by atoms with Crippen LogP contribution in [0.2, 0.25) is 0 Å². The highest BCUT2D eigenvalue weighted by molar-refractivity contribution is 5.55. The van der Waals surface area contributed by atoms with Crippen LogP contribution in [0.15, 0.2) is 36.7 Å². The van der Waals surface area contributed by atoms with Gasteiger partial charge in [0, 0.05) is 19.2 Å². The zero-order chi connectivity index (χ0) is 14.2. The minimum atomic E-state index is 0.681. The Kier molecular flexibility index (Phi) is 5.17. The van der Waals surface area contributed by atoms with Crippen molar-refractivity contribution in [3.63, 3.8) is 0 Å². The highest BCUT2D eigenvalue weighted by Gasteiger charge is 2.04. The Bertz CT molecular complexity index is 531. The standard InChI is InChI=1S/C15H20N4O/c1-12-14(16-2)18-11-19-15(12)17-9-6-10-20-13-7-4-3-5-8-13/h3-5,7-8,11H,6,9-10H2,1-2H3,(H2,16,17,18,19). The largest absolute Gasteiger partial charge is 0.494 e. The molecule has 0 saturated heterocycles. The van der Waals surface area contributed by atoms with Crippen LogP contribution in [0, 0.1) is 6.92 Å². The fourth-order valence-corrected chi connectivity index (χ4v) is 1.87. The van der Waals surface area contributed by atoms with Crippen LogP contribution < -0.4 is 15.4 Å². The summed E-state index contributed by atoms with van der Waals surface area (Å²) in [6.45, 7) is 3.49. The normalized spacial score (nSPS) is 10.1. The topological polar surface area (TPSA) is 59.1 Å². The van der Waals surface area contributed by atoms with Gasteiger partial charge in [-0.15, -0.1) is 0 Å². The Balaban J connectivity index is 1.74. The first-order valence-electron chi connectivity index (χ1n) is 6.72. The zero-order valence-corrected chi connectivity index (χ0v) is 11.9. The average molecular weight is 272 g/mol. The molecule has 0 unspecified atom stereocenters. The van der Waals surface area contributed by atoms with Crippen LogP contribution in [0.5, 0.6) is 5.75 Å². The molecule has 5 heteroatoms. The van der Waals surface area contributed by atoms with Crippen molar-refractivity contribution in [3.8, 4) is 5.75 Å². The summed E-state index contributed by atoms with van der Waals surface area (Å²) in [4.78, 5) is 8.39. The number of ether oxygens (including phenoxy) is 1. The van der Waals surface area contributed by atoms with Crippen LogP contribution in [0.1, 0.15) is 12.0 Å². The summed E-state index contributed by atoms with van der Waals surface area (Å²) in [6.07, 6.45) is 2.47. The number of benzene rings is 1. The molecule has 2 rings (SSSR count). The van der Waals surface area contributed by atoms with Crippen molar-refractivity contribution in [1.82, 2.24) is 9.97 Å². The lowest BCUT2D eigenvalue weighted by molar-refractivity contribution is 0.315. The smallest absolute Gasteiger partial charge is 0.134 e. The van der Waals surface area contributed by atoms with E-state index in [0.29, 0.717) is 6.61 Å². The van der Waals surface area contributed by atoms with Gasteiger partial charge in [-0.3, -0.25) is 0 Å². The Morgan fingerprint density at radius 1 is 1.10 bits per heavy atom. The number of nitrogens with zero attached hydrogens (tertiary/aromatic N) is 2. The van der Waals surface area contributed by atoms with Gasteiger partial charge < -0.3 is 15.4 Å². The van der Waals surface area contributed by atoms with E-state index in [-0.39, 0.29) is 0 Å². The van der Waals surface area contributed by atoms with Gasteiger partial charge in [-0.25, -0.2) is 9.97 Å². The molecule has 0 fully saturated rings. The van der Waals surface area contributed by atoms with E-state index in [1.54, 1.807) is 6.33 Å². The zero-order valence-electron chi connectivity index (χ0n) is 11.9. The molecule has 0 saturated carbocycles. The maximum atomic E-state index is 5.63. The van der Waals surface area contributed by atoms with Gasteiger partial charge in [0.25, 0.3) is 0 Å². The van der Waals surface area contributed by atoms with Crippen molar-refractivity contribution in [1.29, 1.82) is 0 Å². The van der Waals surface area contributed by atoms with Crippen LogP contribution in [0.4, 0.5) is 11.6 Å². The maximum Gasteiger partial charge on any atom is 0.134 e. The lowest BCUT2D eigenvalue weighted by Gasteiger charge is -2.11. The van der Waals surface area contributed by atoms with Crippen LogP contribution >= 0.6 is 0 Å². The number of para-hydroxylation sites is 1. The van der Waals surface area contributed by atoms with Crippen LogP contribution in [0.25, 0.3) is 0 Å². The Hall–Kier alpha value is -2.30. The number of nitrogens with one attached hydrogen (secondary N) is 2. The van der Waals surface area contributed by atoms with Crippen molar-refractivity contribution >= 4 is 11.6 Å². The third-order valence-electron chi connectivity index (χ3n) is 2.95. The number of anilines is 2. The monoisotopic (exact) mass is 272 g/mol. The first-order chi connectivity index (χ1) is 9.81. The molecule has 2 N–H and O–H groups in total. The molecule has 0 aliphatic carbocycles. The molecule has 5 nitrogen and oxygen atoms in total. The van der Waals surface area contributed by atoms with E-state index < -0.39 is 0 Å². The number of hydrogen-bond acceptors (Lipinski definition) is 5. The van der Waals surface area contributed by atoms with E-state index in [4.69, 9.17) is 4.74 Å². The van der Waals surface area contributed by atoms with Crippen LogP contribution in [0.3, 0.4) is 0 Å². The lowest BCUT2D eigenvalue weighted by Crippen LogP contribution is -2.10. The summed E-state index contributed by atoms with van der Waals surface area (Å²) in [7, 11) is 1.85. The number of aromatic nitrogens is 2. The lowest BCUT2D eigenvalue weighted by atomic mass is 10.3. The van der Waals surface area contributed by atoms with E-state index in [9.17, 15) is 0 Å². The average Bonchev–Trinajstić information content (AvgIpc) is 2.49. The van der Waals surface area contributed by atoms with Gasteiger partial charge in [0.2, 0.25) is 0 Å². The highest BCUT2D eigenvalue weighted by Crippen LogP contribution is 2.17. The Morgan fingerprint density at radius 2 is 1.85 bits per heavy atom. The van der Waals surface area contributed by atoms with Crippen LogP contribution in [-0.4, -0.2) is 30.2 Å². The molecule has 0 radical (unpaired) electrons. The number of hydrogen-bond donors (Lipinski definition) is 2. The molecule has 0 spiro atoms. The second-order valence-corrected chi connectivity index (χ2v) is 4.39. The van der Waals surface area contributed by atoms with E-state index >= 15 is 0 Å². The first kappa shape index (κ1) is 14.1. The highest BCUT2D eigenvalue weighted by atomic mass is 16.5. The molecular formula is C15H20N4O. The first-order valence-corrected chi connectivity index (χ1v) is 6.72. The quantitative estimate of drug-likeness (QED) is 0.759. The van der Waals surface area contributed by atoms with Gasteiger partial charge in [0.15, 0.2) is 0 Å². The molecule has 0 bridgehead atoms. The van der Waals surface area contributed by atoms with Gasteiger partial charge in [0.1, 0.15) is 23.7 Å². The molecule has 0 amide bonds. The molecule has 0 atom stereocenters. The van der Waals surface area contributed by atoms with Gasteiger partial charge >= 0.3 is 0 Å². The second kappa shape index (κ2) is 7.33. The van der Waals surface area contributed by atoms with E-state index in [0.717, 1.165) is 35.9 Å². The predicted molar refractivity (Wildman–Crippen MR) is 81.4 cm³/mol. The molecule has 0 aliphatic heterocycles. The third-order valence-corrected chi connectivity index (χ3v) is 2.95. The van der Waals surface area contributed by atoms with Crippen molar-refractivity contribution in [2.24, 2.45) is 0 Å². The summed E-state index contributed by atoms with van der Waals surface area (Å²) in [6, 6.07) is 9.84. The Labute approximate surface area is 119 Å². The molecule has 1 heterocycles. The fourth-order valence-electron chi connectivity index (χ4n) is 1.87. The molecule has 1 aromatic carbocycles. The second-order valence-electron chi connectivity index (χ2n) is 4.39. The predicted octanol–water partition coefficient (Wildman–Crippen LogP) is 2.71. The SMILES string of the molecule is CNc1ncnc(NCCCOc2ccccc2)c1C. The van der Waals surface area contributed by atoms with Crippen molar-refractivity contribution < 1.29 is 4.74 Å². The summed E-state index contributed by atoms with van der Waals surface area (Å²) in [5.41, 5.74) is 1.03. The summed E-state index contributed by atoms with van der Waals surface area (Å²) < 4.78 is 5.63. The van der Waals surface area contributed by atoms with Crippen molar-refractivity contribution in [3.05, 3.63) is 42.2 Å². The molecule has 0 aliphatic rings. The van der Waals surface area contributed by atoms with Gasteiger partial charge in [0.05, 0.1) is 6.61 Å². The Morgan fingerprint density at radius 3 is 2.60 bits per heavy atom.